The van der Waals surface area contributed by atoms with E-state index >= 15 is 0 Å². The molecule has 0 radical (unpaired) electrons. The Hall–Kier alpha value is 1.36. The summed E-state index contributed by atoms with van der Waals surface area (Å²) in [5.74, 6) is 0.167. The fourth-order valence-electron chi connectivity index (χ4n) is 0. The van der Waals surface area contributed by atoms with Crippen molar-refractivity contribution in [3.8, 4) is 0 Å². The molecule has 0 aliphatic rings. The van der Waals surface area contributed by atoms with Gasteiger partial charge in [-0.25, -0.2) is 8.42 Å². The summed E-state index contributed by atoms with van der Waals surface area (Å²) in [5, 5.41) is 0. The molecule has 0 aromatic carbocycles. The Kier molecular flexibility index (Phi) is 35.4. The Balaban J connectivity index is -0.0000000367. The predicted octanol–water partition coefficient (Wildman–Crippen LogP) is -7.26. The maximum absolute atomic E-state index is 9.44. The summed E-state index contributed by atoms with van der Waals surface area (Å²) < 4.78 is 45.7. The number of hydrogen-bond acceptors (Lipinski definition) is 7. The zero-order valence-electron chi connectivity index (χ0n) is 8.88. The summed E-state index contributed by atoms with van der Waals surface area (Å²) in [5.41, 5.74) is 0. The Bertz CT molecular complexity index is 258. The van der Waals surface area contributed by atoms with E-state index in [1.54, 1.807) is 0 Å². The molecule has 80 valence electrons. The van der Waals surface area contributed by atoms with Crippen LogP contribution < -0.4 is 59.1 Å². The molecular weight excluding hydrogens is 270 g/mol. The van der Waals surface area contributed by atoms with Crippen LogP contribution >= 0.6 is 0 Å². The monoisotopic (exact) mass is 278 g/mol. The number of rotatable bonds is 1. The largest absolute Gasteiger partial charge is 1.00 e. The van der Waals surface area contributed by atoms with Crippen molar-refractivity contribution in [3.05, 3.63) is 0 Å². The quantitative estimate of drug-likeness (QED) is 0.201. The summed E-state index contributed by atoms with van der Waals surface area (Å²) in [7, 11) is -8.59. The van der Waals surface area contributed by atoms with Gasteiger partial charge >= 0.3 is 59.1 Å². The normalized spacial score (nSPS) is 9.60. The summed E-state index contributed by atoms with van der Waals surface area (Å²) in [6.07, 6.45) is 0. The molecule has 11 heteroatoms. The zero-order valence-corrected chi connectivity index (χ0v) is 14.5. The van der Waals surface area contributed by atoms with E-state index in [4.69, 9.17) is 26.5 Å². The van der Waals surface area contributed by atoms with Crippen LogP contribution in [0.5, 0.6) is 0 Å². The van der Waals surface area contributed by atoms with Crippen molar-refractivity contribution < 1.29 is 90.4 Å². The van der Waals surface area contributed by atoms with E-state index in [0.717, 1.165) is 0 Å². The van der Waals surface area contributed by atoms with E-state index in [1.807, 2.05) is 6.79 Å². The maximum atomic E-state index is 9.44. The Morgan fingerprint density at radius 1 is 1.20 bits per heavy atom. The van der Waals surface area contributed by atoms with Crippen LogP contribution in [0.1, 0.15) is 13.8 Å². The van der Waals surface area contributed by atoms with Gasteiger partial charge in [0.15, 0.2) is 9.15 Å². The fraction of sp³-hybridized carbons (Fsp3) is 0.500. The second-order valence-corrected chi connectivity index (χ2v) is 4.79. The second-order valence-electron chi connectivity index (χ2n) is 1.52. The number of carbonyl (C=O) groups excluding carboxylic acids is 2. The van der Waals surface area contributed by atoms with Crippen LogP contribution in [0.25, 0.3) is 0 Å². The number of hydrogen-bond donors (Lipinski definition) is 0. The Labute approximate surface area is 134 Å². The first-order valence-corrected chi connectivity index (χ1v) is 5.49. The fourth-order valence-corrected chi connectivity index (χ4v) is 0. The van der Waals surface area contributed by atoms with Crippen molar-refractivity contribution in [2.75, 3.05) is 0 Å². The minimum atomic E-state index is -5.07. The van der Waals surface area contributed by atoms with Crippen LogP contribution in [-0.2, 0) is 28.9 Å². The molecule has 1 unspecified atom stereocenters. The van der Waals surface area contributed by atoms with Crippen molar-refractivity contribution in [1.29, 1.82) is 0 Å². The van der Waals surface area contributed by atoms with Crippen LogP contribution in [0.3, 0.4) is 0 Å². The van der Waals surface area contributed by atoms with E-state index in [1.165, 1.54) is 13.8 Å². The molecule has 0 rings (SSSR count). The van der Waals surface area contributed by atoms with Gasteiger partial charge in [-0.2, -0.15) is 0 Å². The first-order valence-electron chi connectivity index (χ1n) is 2.49. The van der Waals surface area contributed by atoms with Crippen LogP contribution in [0.2, 0.25) is 0 Å². The van der Waals surface area contributed by atoms with E-state index in [-0.39, 0.29) is 64.9 Å². The van der Waals surface area contributed by atoms with Gasteiger partial charge < -0.3 is 18.7 Å². The topological polar surface area (TPSA) is 131 Å². The first kappa shape index (κ1) is 29.9. The molecule has 0 aliphatic carbocycles. The summed E-state index contributed by atoms with van der Waals surface area (Å²) in [6, 6.07) is 0. The molecule has 0 saturated carbocycles. The molecule has 0 aromatic heterocycles. The SMILES string of the molecule is C=O.CC(C)=O.O=S([O-])S(=O)(=O)[O-].[Na+].[Na+]. The molecule has 0 saturated heterocycles. The molecule has 0 spiro atoms. The van der Waals surface area contributed by atoms with Gasteiger partial charge in [-0.05, 0) is 13.8 Å². The van der Waals surface area contributed by atoms with E-state index in [9.17, 15) is 4.79 Å². The first-order chi connectivity index (χ1) is 5.68. The van der Waals surface area contributed by atoms with Crippen LogP contribution in [0.4, 0.5) is 0 Å². The molecule has 1 atom stereocenters. The van der Waals surface area contributed by atoms with Gasteiger partial charge in [0.2, 0.25) is 0 Å². The minimum Gasteiger partial charge on any atom is -0.761 e. The molecule has 0 heterocycles. The smallest absolute Gasteiger partial charge is 0.761 e. The Morgan fingerprint density at radius 3 is 1.27 bits per heavy atom. The van der Waals surface area contributed by atoms with Crippen molar-refractivity contribution in [2.24, 2.45) is 0 Å². The number of Topliss-reactive ketones (excluding diaryl/α,β-unsaturated/α-hetero) is 1. The van der Waals surface area contributed by atoms with E-state index < -0.39 is 19.3 Å². The number of carbonyl (C=O) groups is 2. The molecule has 0 N–H and O–H groups in total. The molecule has 15 heavy (non-hydrogen) atoms. The van der Waals surface area contributed by atoms with Gasteiger partial charge in [0.05, 0.1) is 10.1 Å². The molecular formula is C4H8Na2O7S2. The van der Waals surface area contributed by atoms with E-state index in [2.05, 4.69) is 0 Å². The second kappa shape index (κ2) is 17.7. The molecule has 7 nitrogen and oxygen atoms in total. The van der Waals surface area contributed by atoms with Crippen molar-refractivity contribution >= 4 is 31.8 Å². The average Bonchev–Trinajstić information content (AvgIpc) is 1.88. The van der Waals surface area contributed by atoms with Gasteiger partial charge in [-0.15, -0.1) is 0 Å². The summed E-state index contributed by atoms with van der Waals surface area (Å²) in [4.78, 5) is 17.4. The molecule has 0 amide bonds. The van der Waals surface area contributed by atoms with Gasteiger partial charge in [0, 0.05) is 0 Å². The van der Waals surface area contributed by atoms with Gasteiger partial charge in [0.1, 0.15) is 12.6 Å². The average molecular weight is 278 g/mol. The van der Waals surface area contributed by atoms with Crippen LogP contribution in [0.15, 0.2) is 0 Å². The minimum absolute atomic E-state index is 0. The van der Waals surface area contributed by atoms with Crippen molar-refractivity contribution in [2.45, 2.75) is 13.8 Å². The van der Waals surface area contributed by atoms with Gasteiger partial charge in [-0.3, -0.25) is 4.21 Å². The number of ketones is 1. The van der Waals surface area contributed by atoms with Crippen LogP contribution in [0, 0.1) is 0 Å². The van der Waals surface area contributed by atoms with Crippen molar-refractivity contribution in [3.63, 3.8) is 0 Å². The van der Waals surface area contributed by atoms with Crippen LogP contribution in [-0.4, -0.2) is 34.3 Å². The van der Waals surface area contributed by atoms with E-state index in [0.29, 0.717) is 0 Å². The molecule has 0 aromatic rings. The predicted molar refractivity (Wildman–Crippen MR) is 42.1 cm³/mol. The summed E-state index contributed by atoms with van der Waals surface area (Å²) >= 11 is 0. The molecule has 0 aliphatic heterocycles. The van der Waals surface area contributed by atoms with Crippen molar-refractivity contribution in [1.82, 2.24) is 0 Å². The maximum Gasteiger partial charge on any atom is 1.00 e. The summed E-state index contributed by atoms with van der Waals surface area (Å²) in [6.45, 7) is 5.06. The van der Waals surface area contributed by atoms with Gasteiger partial charge in [0.25, 0.3) is 0 Å². The Morgan fingerprint density at radius 2 is 1.27 bits per heavy atom. The third-order valence-electron chi connectivity index (χ3n) is 0.167. The molecule has 0 fully saturated rings. The molecule has 0 bridgehead atoms. The zero-order chi connectivity index (χ0) is 11.7. The third-order valence-corrected chi connectivity index (χ3v) is 1.50. The standard InChI is InChI=1S/C3H6O.CH2O.2Na.H2O5S2/c1-3(2)4;1-2;;;1-6(2)7(3,4)5/h1-2H3;1H2;;;(H,1,2)(H,3,4,5)/q;;2*+1;/p-2. The third kappa shape index (κ3) is 50.6. The van der Waals surface area contributed by atoms with Gasteiger partial charge in [-0.1, -0.05) is 0 Å².